The van der Waals surface area contributed by atoms with Crippen LogP contribution in [-0.4, -0.2) is 17.3 Å². The largest absolute Gasteiger partial charge is 0.436 e. The van der Waals surface area contributed by atoms with Gasteiger partial charge in [-0.25, -0.2) is 4.98 Å². The Kier molecular flexibility index (Phi) is 4.68. The van der Waals surface area contributed by atoms with Crippen molar-refractivity contribution < 1.29 is 4.74 Å². The molecule has 1 fully saturated rings. The Balaban J connectivity index is 1.72. The number of para-hydroxylation sites is 1. The molecular weight excluding hydrogens is 304 g/mol. The van der Waals surface area contributed by atoms with Crippen molar-refractivity contribution >= 4 is 23.4 Å². The minimum atomic E-state index is 0.452. The smallest absolute Gasteiger partial charge is 0.238 e. The van der Waals surface area contributed by atoms with E-state index in [9.17, 15) is 0 Å². The standard InChI is InChI=1S/C16H17ClN2OS/c1-21-15-5-3-2-4-14(15)20-16-13(17)8-11(10-19-16)9-18-12-6-7-12/h2-5,8,10,12,18H,6-7,9H2,1H3. The second kappa shape index (κ2) is 6.69. The number of nitrogens with one attached hydrogen (secondary N) is 1. The van der Waals surface area contributed by atoms with Crippen LogP contribution in [0.2, 0.25) is 5.02 Å². The van der Waals surface area contributed by atoms with Gasteiger partial charge in [0.15, 0.2) is 0 Å². The van der Waals surface area contributed by atoms with E-state index in [1.807, 2.05) is 42.8 Å². The van der Waals surface area contributed by atoms with Gasteiger partial charge in [0.05, 0.1) is 0 Å². The fraction of sp³-hybridized carbons (Fsp3) is 0.312. The monoisotopic (exact) mass is 320 g/mol. The molecule has 1 aromatic heterocycles. The van der Waals surface area contributed by atoms with Crippen molar-refractivity contribution in [3.63, 3.8) is 0 Å². The van der Waals surface area contributed by atoms with Crippen LogP contribution in [0.25, 0.3) is 0 Å². The molecule has 1 aromatic carbocycles. The van der Waals surface area contributed by atoms with E-state index in [-0.39, 0.29) is 0 Å². The maximum atomic E-state index is 6.28. The fourth-order valence-electron chi connectivity index (χ4n) is 1.99. The van der Waals surface area contributed by atoms with E-state index in [4.69, 9.17) is 16.3 Å². The highest BCUT2D eigenvalue weighted by atomic mass is 35.5. The van der Waals surface area contributed by atoms with E-state index in [1.54, 1.807) is 11.8 Å². The Morgan fingerprint density at radius 3 is 2.90 bits per heavy atom. The minimum absolute atomic E-state index is 0.452. The molecule has 1 saturated carbocycles. The molecule has 0 aliphatic heterocycles. The lowest BCUT2D eigenvalue weighted by atomic mass is 10.3. The average molecular weight is 321 g/mol. The van der Waals surface area contributed by atoms with Crippen molar-refractivity contribution in [2.75, 3.05) is 6.26 Å². The highest BCUT2D eigenvalue weighted by Crippen LogP contribution is 2.33. The van der Waals surface area contributed by atoms with Gasteiger partial charge in [-0.15, -0.1) is 11.8 Å². The lowest BCUT2D eigenvalue weighted by molar-refractivity contribution is 0.452. The van der Waals surface area contributed by atoms with Gasteiger partial charge >= 0.3 is 0 Å². The van der Waals surface area contributed by atoms with Crippen LogP contribution < -0.4 is 10.1 Å². The van der Waals surface area contributed by atoms with Crippen molar-refractivity contribution in [2.24, 2.45) is 0 Å². The highest BCUT2D eigenvalue weighted by molar-refractivity contribution is 7.98. The van der Waals surface area contributed by atoms with Crippen molar-refractivity contribution in [2.45, 2.75) is 30.3 Å². The van der Waals surface area contributed by atoms with Crippen LogP contribution in [0.15, 0.2) is 41.4 Å². The molecule has 0 bridgehead atoms. The third-order valence-corrected chi connectivity index (χ3v) is 4.36. The molecule has 3 rings (SSSR count). The first-order valence-electron chi connectivity index (χ1n) is 6.95. The predicted molar refractivity (Wildman–Crippen MR) is 87.4 cm³/mol. The van der Waals surface area contributed by atoms with Crippen LogP contribution >= 0.6 is 23.4 Å². The van der Waals surface area contributed by atoms with Crippen LogP contribution in [0.5, 0.6) is 11.6 Å². The zero-order chi connectivity index (χ0) is 14.7. The molecule has 0 spiro atoms. The van der Waals surface area contributed by atoms with Gasteiger partial charge in [0.2, 0.25) is 5.88 Å². The van der Waals surface area contributed by atoms with Crippen molar-refractivity contribution in [1.29, 1.82) is 0 Å². The Labute approximate surface area is 134 Å². The molecule has 0 saturated heterocycles. The molecule has 0 unspecified atom stereocenters. The first kappa shape index (κ1) is 14.7. The molecular formula is C16H17ClN2OS. The van der Waals surface area contributed by atoms with Gasteiger partial charge in [0.1, 0.15) is 10.8 Å². The number of hydrogen-bond donors (Lipinski definition) is 1. The number of hydrogen-bond acceptors (Lipinski definition) is 4. The number of thioether (sulfide) groups is 1. The quantitative estimate of drug-likeness (QED) is 0.795. The summed E-state index contributed by atoms with van der Waals surface area (Å²) in [5.74, 6) is 1.23. The van der Waals surface area contributed by atoms with Crippen LogP contribution in [0.3, 0.4) is 0 Å². The number of benzene rings is 1. The van der Waals surface area contributed by atoms with Gasteiger partial charge in [0.25, 0.3) is 0 Å². The number of aromatic nitrogens is 1. The molecule has 0 atom stereocenters. The van der Waals surface area contributed by atoms with E-state index in [0.717, 1.165) is 22.8 Å². The summed E-state index contributed by atoms with van der Waals surface area (Å²) in [7, 11) is 0. The zero-order valence-corrected chi connectivity index (χ0v) is 13.4. The number of nitrogens with zero attached hydrogens (tertiary/aromatic N) is 1. The van der Waals surface area contributed by atoms with Gasteiger partial charge in [-0.05, 0) is 42.9 Å². The van der Waals surface area contributed by atoms with Crippen LogP contribution in [-0.2, 0) is 6.54 Å². The maximum Gasteiger partial charge on any atom is 0.238 e. The summed E-state index contributed by atoms with van der Waals surface area (Å²) in [5.41, 5.74) is 1.08. The van der Waals surface area contributed by atoms with Crippen molar-refractivity contribution in [3.8, 4) is 11.6 Å². The summed E-state index contributed by atoms with van der Waals surface area (Å²) >= 11 is 7.92. The van der Waals surface area contributed by atoms with E-state index >= 15 is 0 Å². The minimum Gasteiger partial charge on any atom is -0.436 e. The zero-order valence-electron chi connectivity index (χ0n) is 11.8. The van der Waals surface area contributed by atoms with Gasteiger partial charge in [0, 0.05) is 23.7 Å². The molecule has 21 heavy (non-hydrogen) atoms. The maximum absolute atomic E-state index is 6.28. The predicted octanol–water partition coefficient (Wildman–Crippen LogP) is 4.50. The fourth-order valence-corrected chi connectivity index (χ4v) is 2.75. The number of rotatable bonds is 6. The van der Waals surface area contributed by atoms with Gasteiger partial charge in [-0.1, -0.05) is 23.7 Å². The van der Waals surface area contributed by atoms with E-state index in [0.29, 0.717) is 16.9 Å². The third-order valence-electron chi connectivity index (χ3n) is 3.31. The summed E-state index contributed by atoms with van der Waals surface area (Å²) in [5, 5.41) is 3.99. The van der Waals surface area contributed by atoms with Gasteiger partial charge in [-0.3, -0.25) is 0 Å². The lowest BCUT2D eigenvalue weighted by Gasteiger charge is -2.11. The Hall–Kier alpha value is -1.23. The first-order chi connectivity index (χ1) is 10.3. The SMILES string of the molecule is CSc1ccccc1Oc1ncc(CNC2CC2)cc1Cl. The molecule has 1 aliphatic carbocycles. The molecule has 1 heterocycles. The summed E-state index contributed by atoms with van der Waals surface area (Å²) in [4.78, 5) is 5.41. The highest BCUT2D eigenvalue weighted by Gasteiger charge is 2.20. The summed E-state index contributed by atoms with van der Waals surface area (Å²) < 4.78 is 5.84. The third kappa shape index (κ3) is 3.90. The molecule has 1 N–H and O–H groups in total. The van der Waals surface area contributed by atoms with Gasteiger partial charge < -0.3 is 10.1 Å². The summed E-state index contributed by atoms with van der Waals surface area (Å²) in [6, 6.07) is 10.5. The van der Waals surface area contributed by atoms with Crippen molar-refractivity contribution in [3.05, 3.63) is 47.1 Å². The Morgan fingerprint density at radius 2 is 2.19 bits per heavy atom. The number of pyridine rings is 1. The topological polar surface area (TPSA) is 34.1 Å². The average Bonchev–Trinajstić information content (AvgIpc) is 3.32. The van der Waals surface area contributed by atoms with Crippen LogP contribution in [0.1, 0.15) is 18.4 Å². The second-order valence-electron chi connectivity index (χ2n) is 5.04. The van der Waals surface area contributed by atoms with E-state index in [1.165, 1.54) is 12.8 Å². The summed E-state index contributed by atoms with van der Waals surface area (Å²) in [6.45, 7) is 0.805. The Morgan fingerprint density at radius 1 is 1.38 bits per heavy atom. The molecule has 0 amide bonds. The lowest BCUT2D eigenvalue weighted by Crippen LogP contribution is -2.15. The van der Waals surface area contributed by atoms with Crippen LogP contribution in [0, 0.1) is 0 Å². The normalized spacial score (nSPS) is 14.2. The molecule has 110 valence electrons. The van der Waals surface area contributed by atoms with Crippen LogP contribution in [0.4, 0.5) is 0 Å². The van der Waals surface area contributed by atoms with E-state index in [2.05, 4.69) is 10.3 Å². The molecule has 2 aromatic rings. The Bertz CT molecular complexity index is 631. The molecule has 3 nitrogen and oxygen atoms in total. The number of ether oxygens (including phenoxy) is 1. The van der Waals surface area contributed by atoms with Gasteiger partial charge in [-0.2, -0.15) is 0 Å². The van der Waals surface area contributed by atoms with E-state index < -0.39 is 0 Å². The summed E-state index contributed by atoms with van der Waals surface area (Å²) in [6.07, 6.45) is 6.38. The van der Waals surface area contributed by atoms with Crippen molar-refractivity contribution in [1.82, 2.24) is 10.3 Å². The molecule has 1 aliphatic rings. The second-order valence-corrected chi connectivity index (χ2v) is 6.29. The molecule has 5 heteroatoms. The number of halogens is 1. The molecule has 0 radical (unpaired) electrons. The first-order valence-corrected chi connectivity index (χ1v) is 8.55.